The summed E-state index contributed by atoms with van der Waals surface area (Å²) in [6.07, 6.45) is -3.12. The van der Waals surface area contributed by atoms with Gasteiger partial charge in [0.2, 0.25) is 0 Å². The molecule has 5 rings (SSSR count). The number of Topliss-reactive ketones (excluding diaryl/α,β-unsaturated/α-hetero) is 1. The summed E-state index contributed by atoms with van der Waals surface area (Å²) in [5.41, 5.74) is 3.51. The Kier molecular flexibility index (Phi) is 5.78. The first kappa shape index (κ1) is 22.4. The molecule has 0 saturated carbocycles. The van der Waals surface area contributed by atoms with E-state index in [9.17, 15) is 18.0 Å². The number of H-pyrrole nitrogens is 1. The van der Waals surface area contributed by atoms with Crippen molar-refractivity contribution < 1.29 is 18.0 Å². The zero-order chi connectivity index (χ0) is 23.8. The number of aromatic amines is 1. The van der Waals surface area contributed by atoms with Crippen LogP contribution in [0.5, 0.6) is 0 Å². The molecule has 1 saturated heterocycles. The number of fused-ring (bicyclic) bond motifs is 1. The molecule has 1 unspecified atom stereocenters. The summed E-state index contributed by atoms with van der Waals surface area (Å²) >= 11 is 0. The third-order valence-electron chi connectivity index (χ3n) is 6.80. The summed E-state index contributed by atoms with van der Waals surface area (Å²) in [6.45, 7) is 2.64. The molecule has 174 valence electrons. The zero-order valence-corrected chi connectivity index (χ0v) is 18.6. The van der Waals surface area contributed by atoms with E-state index in [0.29, 0.717) is 10.9 Å². The SMILES string of the molecule is O=C(c1cc2cc(C3(Cc4ccccc4)CCN(Cc4ccccc4)C3)ccc2[nH]1)C(F)(F)F. The van der Waals surface area contributed by atoms with Crippen LogP contribution in [0.15, 0.2) is 84.9 Å². The van der Waals surface area contributed by atoms with Gasteiger partial charge in [-0.1, -0.05) is 66.7 Å². The molecule has 1 N–H and O–H groups in total. The molecule has 4 aromatic rings. The van der Waals surface area contributed by atoms with Crippen molar-refractivity contribution in [1.29, 1.82) is 0 Å². The first-order chi connectivity index (χ1) is 16.3. The molecular formula is C28H25F3N2O. The van der Waals surface area contributed by atoms with E-state index in [1.165, 1.54) is 17.2 Å². The van der Waals surface area contributed by atoms with E-state index in [1.807, 2.05) is 48.5 Å². The number of benzene rings is 3. The number of hydrogen-bond acceptors (Lipinski definition) is 2. The number of aromatic nitrogens is 1. The van der Waals surface area contributed by atoms with E-state index in [-0.39, 0.29) is 5.41 Å². The van der Waals surface area contributed by atoms with Gasteiger partial charge in [0.05, 0.1) is 5.69 Å². The third-order valence-corrected chi connectivity index (χ3v) is 6.80. The maximum absolute atomic E-state index is 12.9. The highest BCUT2D eigenvalue weighted by Crippen LogP contribution is 2.40. The minimum absolute atomic E-state index is 0.171. The predicted molar refractivity (Wildman–Crippen MR) is 127 cm³/mol. The average Bonchev–Trinajstić information content (AvgIpc) is 3.43. The number of carbonyl (C=O) groups is 1. The Hall–Kier alpha value is -3.38. The Morgan fingerprint density at radius 2 is 1.59 bits per heavy atom. The lowest BCUT2D eigenvalue weighted by Crippen LogP contribution is -2.33. The number of carbonyl (C=O) groups excluding carboxylic acids is 1. The lowest BCUT2D eigenvalue weighted by Gasteiger charge is -2.31. The van der Waals surface area contributed by atoms with Crippen molar-refractivity contribution in [2.24, 2.45) is 0 Å². The van der Waals surface area contributed by atoms with E-state index in [4.69, 9.17) is 0 Å². The van der Waals surface area contributed by atoms with Crippen molar-refractivity contribution in [1.82, 2.24) is 9.88 Å². The van der Waals surface area contributed by atoms with Gasteiger partial charge in [0.25, 0.3) is 5.78 Å². The van der Waals surface area contributed by atoms with Crippen LogP contribution in [0.1, 0.15) is 33.6 Å². The third kappa shape index (κ3) is 4.50. The van der Waals surface area contributed by atoms with Crippen LogP contribution in [0.3, 0.4) is 0 Å². The van der Waals surface area contributed by atoms with Crippen molar-refractivity contribution in [3.63, 3.8) is 0 Å². The van der Waals surface area contributed by atoms with Crippen LogP contribution in [0, 0.1) is 0 Å². The van der Waals surface area contributed by atoms with Gasteiger partial charge >= 0.3 is 6.18 Å². The molecule has 1 aromatic heterocycles. The predicted octanol–water partition coefficient (Wildman–Crippen LogP) is 6.30. The van der Waals surface area contributed by atoms with Crippen LogP contribution in [0.25, 0.3) is 10.9 Å². The minimum atomic E-state index is -4.90. The maximum atomic E-state index is 12.9. The van der Waals surface area contributed by atoms with E-state index in [2.05, 4.69) is 34.1 Å². The molecule has 0 amide bonds. The average molecular weight is 463 g/mol. The van der Waals surface area contributed by atoms with E-state index in [1.54, 1.807) is 6.07 Å². The number of hydrogen-bond donors (Lipinski definition) is 1. The molecule has 1 aliphatic rings. The van der Waals surface area contributed by atoms with Crippen molar-refractivity contribution in [3.05, 3.63) is 107 Å². The molecule has 3 aromatic carbocycles. The number of nitrogens with one attached hydrogen (secondary N) is 1. The van der Waals surface area contributed by atoms with Gasteiger partial charge in [-0.3, -0.25) is 9.69 Å². The Balaban J connectivity index is 1.49. The van der Waals surface area contributed by atoms with Gasteiger partial charge in [0, 0.05) is 29.4 Å². The summed E-state index contributed by atoms with van der Waals surface area (Å²) in [7, 11) is 0. The largest absolute Gasteiger partial charge is 0.456 e. The Bertz CT molecular complexity index is 1300. The number of halogens is 3. The molecule has 1 atom stereocenters. The highest BCUT2D eigenvalue weighted by atomic mass is 19.4. The topological polar surface area (TPSA) is 36.1 Å². The number of likely N-dealkylation sites (tertiary alicyclic amines) is 1. The number of nitrogens with zero attached hydrogens (tertiary/aromatic N) is 1. The van der Waals surface area contributed by atoms with Gasteiger partial charge in [-0.2, -0.15) is 13.2 Å². The smallest absolute Gasteiger partial charge is 0.352 e. The highest BCUT2D eigenvalue weighted by molar-refractivity contribution is 6.02. The molecule has 6 heteroatoms. The van der Waals surface area contributed by atoms with Gasteiger partial charge in [-0.15, -0.1) is 0 Å². The molecule has 3 nitrogen and oxygen atoms in total. The van der Waals surface area contributed by atoms with Crippen LogP contribution in [-0.2, 0) is 18.4 Å². The van der Waals surface area contributed by atoms with Crippen molar-refractivity contribution >= 4 is 16.7 Å². The normalized spacial score (nSPS) is 19.0. The molecule has 0 bridgehead atoms. The summed E-state index contributed by atoms with van der Waals surface area (Å²) in [4.78, 5) is 16.8. The van der Waals surface area contributed by atoms with Gasteiger partial charge in [0.1, 0.15) is 0 Å². The Morgan fingerprint density at radius 3 is 2.26 bits per heavy atom. The maximum Gasteiger partial charge on any atom is 0.456 e. The first-order valence-corrected chi connectivity index (χ1v) is 11.4. The molecular weight excluding hydrogens is 437 g/mol. The van der Waals surface area contributed by atoms with E-state index >= 15 is 0 Å². The quantitative estimate of drug-likeness (QED) is 0.342. The zero-order valence-electron chi connectivity index (χ0n) is 18.6. The monoisotopic (exact) mass is 462 g/mol. The number of ketones is 1. The molecule has 1 aliphatic heterocycles. The number of alkyl halides is 3. The second-order valence-electron chi connectivity index (χ2n) is 9.20. The van der Waals surface area contributed by atoms with Gasteiger partial charge in [0.15, 0.2) is 0 Å². The highest BCUT2D eigenvalue weighted by Gasteiger charge is 2.41. The van der Waals surface area contributed by atoms with E-state index in [0.717, 1.165) is 38.0 Å². The lowest BCUT2D eigenvalue weighted by atomic mass is 9.74. The van der Waals surface area contributed by atoms with Crippen LogP contribution >= 0.6 is 0 Å². The summed E-state index contributed by atoms with van der Waals surface area (Å²) in [6, 6.07) is 27.7. The summed E-state index contributed by atoms with van der Waals surface area (Å²) in [5, 5.41) is 0.624. The second kappa shape index (κ2) is 8.76. The Labute approximate surface area is 196 Å². The van der Waals surface area contributed by atoms with Crippen LogP contribution in [0.4, 0.5) is 13.2 Å². The molecule has 2 heterocycles. The molecule has 0 radical (unpaired) electrons. The van der Waals surface area contributed by atoms with Crippen molar-refractivity contribution in [3.8, 4) is 0 Å². The van der Waals surface area contributed by atoms with E-state index < -0.39 is 17.7 Å². The summed E-state index contributed by atoms with van der Waals surface area (Å²) < 4.78 is 38.8. The molecule has 1 fully saturated rings. The lowest BCUT2D eigenvalue weighted by molar-refractivity contribution is -0.0887. The fourth-order valence-electron chi connectivity index (χ4n) is 5.14. The van der Waals surface area contributed by atoms with Crippen molar-refractivity contribution in [2.75, 3.05) is 13.1 Å². The molecule has 34 heavy (non-hydrogen) atoms. The molecule has 0 spiro atoms. The fraction of sp³-hybridized carbons (Fsp3) is 0.250. The van der Waals surface area contributed by atoms with Crippen LogP contribution in [0.2, 0.25) is 0 Å². The minimum Gasteiger partial charge on any atom is -0.352 e. The Morgan fingerprint density at radius 1 is 0.912 bits per heavy atom. The van der Waals surface area contributed by atoms with Crippen molar-refractivity contribution in [2.45, 2.75) is 31.0 Å². The molecule has 0 aliphatic carbocycles. The van der Waals surface area contributed by atoms with Gasteiger partial charge < -0.3 is 4.98 Å². The van der Waals surface area contributed by atoms with Gasteiger partial charge in [-0.05, 0) is 54.3 Å². The second-order valence-corrected chi connectivity index (χ2v) is 9.20. The fourth-order valence-corrected chi connectivity index (χ4v) is 5.14. The van der Waals surface area contributed by atoms with Gasteiger partial charge in [-0.25, -0.2) is 0 Å². The standard InChI is InChI=1S/C28H25F3N2O/c29-28(30,31)26(34)25-16-22-15-23(11-12-24(22)32-25)27(17-20-7-3-1-4-8-20)13-14-33(19-27)18-21-9-5-2-6-10-21/h1-12,15-16,32H,13-14,17-19H2. The van der Waals surface area contributed by atoms with Crippen LogP contribution in [-0.4, -0.2) is 34.9 Å². The van der Waals surface area contributed by atoms with Crippen LogP contribution < -0.4 is 0 Å². The number of rotatable bonds is 6. The summed E-state index contributed by atoms with van der Waals surface area (Å²) in [5.74, 6) is -1.85. The first-order valence-electron chi connectivity index (χ1n) is 11.4.